The second kappa shape index (κ2) is 5.74. The fraction of sp³-hybridized carbons (Fsp3) is 0.562. The van der Waals surface area contributed by atoms with Gasteiger partial charge in [-0.05, 0) is 31.4 Å². The fourth-order valence-electron chi connectivity index (χ4n) is 2.83. The van der Waals surface area contributed by atoms with Gasteiger partial charge in [-0.15, -0.1) is 0 Å². The van der Waals surface area contributed by atoms with Crippen molar-refractivity contribution in [1.29, 1.82) is 0 Å². The van der Waals surface area contributed by atoms with Crippen molar-refractivity contribution < 1.29 is 4.79 Å². The monoisotopic (exact) mass is 260 g/mol. The summed E-state index contributed by atoms with van der Waals surface area (Å²) in [6.07, 6.45) is 0.929. The molecule has 104 valence electrons. The minimum absolute atomic E-state index is 0.0601. The van der Waals surface area contributed by atoms with Crippen LogP contribution in [0.25, 0.3) is 0 Å². The molecule has 1 heterocycles. The predicted octanol–water partition coefficient (Wildman–Crippen LogP) is 2.50. The molecule has 2 atom stereocenters. The van der Waals surface area contributed by atoms with Crippen LogP contribution in [0.3, 0.4) is 0 Å². The van der Waals surface area contributed by atoms with Crippen LogP contribution in [0, 0.1) is 11.3 Å². The van der Waals surface area contributed by atoms with E-state index in [0.29, 0.717) is 5.92 Å². The minimum Gasteiger partial charge on any atom is -0.349 e. The summed E-state index contributed by atoms with van der Waals surface area (Å²) in [5.41, 5.74) is 0.906. The molecule has 1 fully saturated rings. The van der Waals surface area contributed by atoms with E-state index in [1.807, 2.05) is 25.1 Å². The van der Waals surface area contributed by atoms with Gasteiger partial charge in [-0.1, -0.05) is 44.2 Å². The molecular weight excluding hydrogens is 236 g/mol. The maximum Gasteiger partial charge on any atom is 0.228 e. The second-order valence-corrected chi connectivity index (χ2v) is 5.84. The molecule has 1 saturated heterocycles. The number of hydrogen-bond acceptors (Lipinski definition) is 2. The smallest absolute Gasteiger partial charge is 0.228 e. The third kappa shape index (κ3) is 2.81. The second-order valence-electron chi connectivity index (χ2n) is 5.84. The first-order valence-corrected chi connectivity index (χ1v) is 7.13. The van der Waals surface area contributed by atoms with Gasteiger partial charge in [0, 0.05) is 6.54 Å². The van der Waals surface area contributed by atoms with Crippen molar-refractivity contribution in [2.24, 2.45) is 11.3 Å². The molecule has 0 bridgehead atoms. The number of nitrogens with one attached hydrogen (secondary N) is 2. The lowest BCUT2D eigenvalue weighted by molar-refractivity contribution is -0.133. The van der Waals surface area contributed by atoms with Crippen LogP contribution in [-0.4, -0.2) is 19.0 Å². The lowest BCUT2D eigenvalue weighted by Crippen LogP contribution is -2.46. The molecule has 1 aliphatic heterocycles. The van der Waals surface area contributed by atoms with Gasteiger partial charge >= 0.3 is 0 Å². The van der Waals surface area contributed by atoms with Crippen LogP contribution >= 0.6 is 0 Å². The molecule has 3 heteroatoms. The molecule has 0 aliphatic carbocycles. The molecule has 2 unspecified atom stereocenters. The Kier molecular flexibility index (Phi) is 4.25. The van der Waals surface area contributed by atoms with Gasteiger partial charge < -0.3 is 10.6 Å². The average molecular weight is 260 g/mol. The third-order valence-corrected chi connectivity index (χ3v) is 4.39. The molecule has 1 aromatic carbocycles. The van der Waals surface area contributed by atoms with Crippen LogP contribution in [0.15, 0.2) is 30.3 Å². The summed E-state index contributed by atoms with van der Waals surface area (Å²) < 4.78 is 0. The topological polar surface area (TPSA) is 41.1 Å². The number of rotatable bonds is 4. The first-order chi connectivity index (χ1) is 9.06. The minimum atomic E-state index is -0.247. The van der Waals surface area contributed by atoms with Gasteiger partial charge in [-0.2, -0.15) is 0 Å². The number of carbonyl (C=O) groups is 1. The number of carbonyl (C=O) groups excluding carboxylic acids is 1. The SMILES string of the molecule is CC(NC(=O)C1(C(C)C)CCNC1)c1ccccc1. The molecule has 19 heavy (non-hydrogen) atoms. The average Bonchev–Trinajstić information content (AvgIpc) is 2.90. The summed E-state index contributed by atoms with van der Waals surface area (Å²) in [7, 11) is 0. The van der Waals surface area contributed by atoms with E-state index in [9.17, 15) is 4.79 Å². The van der Waals surface area contributed by atoms with E-state index >= 15 is 0 Å². The summed E-state index contributed by atoms with van der Waals surface area (Å²) in [6, 6.07) is 10.2. The van der Waals surface area contributed by atoms with Crippen LogP contribution in [0.2, 0.25) is 0 Å². The maximum atomic E-state index is 12.6. The van der Waals surface area contributed by atoms with Crippen LogP contribution in [0.1, 0.15) is 38.8 Å². The van der Waals surface area contributed by atoms with Crippen molar-refractivity contribution in [2.75, 3.05) is 13.1 Å². The zero-order chi connectivity index (χ0) is 13.9. The molecule has 1 aliphatic rings. The van der Waals surface area contributed by atoms with Gasteiger partial charge in [0.05, 0.1) is 11.5 Å². The van der Waals surface area contributed by atoms with Gasteiger partial charge in [0.25, 0.3) is 0 Å². The van der Waals surface area contributed by atoms with E-state index in [1.165, 1.54) is 0 Å². The Bertz CT molecular complexity index is 422. The predicted molar refractivity (Wildman–Crippen MR) is 77.8 cm³/mol. The first kappa shape index (κ1) is 14.1. The Balaban J connectivity index is 2.08. The summed E-state index contributed by atoms with van der Waals surface area (Å²) in [5, 5.41) is 6.51. The highest BCUT2D eigenvalue weighted by Gasteiger charge is 2.44. The normalized spacial score (nSPS) is 24.4. The van der Waals surface area contributed by atoms with Crippen LogP contribution in [-0.2, 0) is 4.79 Å². The molecule has 1 aromatic rings. The Morgan fingerprint density at radius 1 is 1.26 bits per heavy atom. The van der Waals surface area contributed by atoms with Gasteiger partial charge in [0.1, 0.15) is 0 Å². The lowest BCUT2D eigenvalue weighted by atomic mass is 9.75. The van der Waals surface area contributed by atoms with Crippen LogP contribution < -0.4 is 10.6 Å². The quantitative estimate of drug-likeness (QED) is 0.873. The van der Waals surface area contributed by atoms with Crippen molar-refractivity contribution >= 4 is 5.91 Å². The molecule has 1 amide bonds. The van der Waals surface area contributed by atoms with Gasteiger partial charge in [-0.3, -0.25) is 4.79 Å². The first-order valence-electron chi connectivity index (χ1n) is 7.13. The van der Waals surface area contributed by atoms with Gasteiger partial charge in [-0.25, -0.2) is 0 Å². The highest BCUT2D eigenvalue weighted by atomic mass is 16.2. The van der Waals surface area contributed by atoms with E-state index in [1.54, 1.807) is 0 Å². The molecule has 2 rings (SSSR count). The fourth-order valence-corrected chi connectivity index (χ4v) is 2.83. The van der Waals surface area contributed by atoms with E-state index in [2.05, 4.69) is 36.6 Å². The maximum absolute atomic E-state index is 12.6. The molecule has 3 nitrogen and oxygen atoms in total. The zero-order valence-corrected chi connectivity index (χ0v) is 12.1. The van der Waals surface area contributed by atoms with E-state index in [-0.39, 0.29) is 17.4 Å². The van der Waals surface area contributed by atoms with Crippen molar-refractivity contribution in [3.63, 3.8) is 0 Å². The van der Waals surface area contributed by atoms with E-state index < -0.39 is 0 Å². The molecule has 0 spiro atoms. The highest BCUT2D eigenvalue weighted by Crippen LogP contribution is 2.35. The molecule has 0 saturated carbocycles. The Labute approximate surface area is 115 Å². The van der Waals surface area contributed by atoms with Gasteiger partial charge in [0.2, 0.25) is 5.91 Å². The lowest BCUT2D eigenvalue weighted by Gasteiger charge is -2.32. The molecular formula is C16H24N2O. The summed E-state index contributed by atoms with van der Waals surface area (Å²) in [5.74, 6) is 0.536. The number of hydrogen-bond donors (Lipinski definition) is 2. The summed E-state index contributed by atoms with van der Waals surface area (Å²) in [4.78, 5) is 12.6. The van der Waals surface area contributed by atoms with Crippen molar-refractivity contribution in [1.82, 2.24) is 10.6 Å². The zero-order valence-electron chi connectivity index (χ0n) is 12.1. The summed E-state index contributed by atoms with van der Waals surface area (Å²) in [6.45, 7) is 8.05. The Morgan fingerprint density at radius 2 is 1.95 bits per heavy atom. The highest BCUT2D eigenvalue weighted by molar-refractivity contribution is 5.84. The van der Waals surface area contributed by atoms with Crippen molar-refractivity contribution in [2.45, 2.75) is 33.2 Å². The third-order valence-electron chi connectivity index (χ3n) is 4.39. The standard InChI is InChI=1S/C16H24N2O/c1-12(2)16(9-10-17-11-16)15(19)18-13(3)14-7-5-4-6-8-14/h4-8,12-13,17H,9-11H2,1-3H3,(H,18,19). The summed E-state index contributed by atoms with van der Waals surface area (Å²) >= 11 is 0. The van der Waals surface area contributed by atoms with Crippen molar-refractivity contribution in [3.05, 3.63) is 35.9 Å². The van der Waals surface area contributed by atoms with Crippen LogP contribution in [0.5, 0.6) is 0 Å². The Morgan fingerprint density at radius 3 is 2.47 bits per heavy atom. The Hall–Kier alpha value is -1.35. The largest absolute Gasteiger partial charge is 0.349 e. The van der Waals surface area contributed by atoms with E-state index in [4.69, 9.17) is 0 Å². The number of amides is 1. The van der Waals surface area contributed by atoms with Crippen molar-refractivity contribution in [3.8, 4) is 0 Å². The molecule has 2 N–H and O–H groups in total. The van der Waals surface area contributed by atoms with Gasteiger partial charge in [0.15, 0.2) is 0 Å². The number of benzene rings is 1. The molecule has 0 aromatic heterocycles. The van der Waals surface area contributed by atoms with E-state index in [0.717, 1.165) is 25.1 Å². The molecule has 0 radical (unpaired) electrons. The van der Waals surface area contributed by atoms with Crippen LogP contribution in [0.4, 0.5) is 0 Å².